The first-order valence-corrected chi connectivity index (χ1v) is 5.37. The minimum Gasteiger partial charge on any atom is -0.348 e. The second-order valence-corrected chi connectivity index (χ2v) is 3.70. The summed E-state index contributed by atoms with van der Waals surface area (Å²) in [7, 11) is 0. The third kappa shape index (κ3) is 4.83. The summed E-state index contributed by atoms with van der Waals surface area (Å²) in [5, 5.41) is 8.32. The summed E-state index contributed by atoms with van der Waals surface area (Å²) in [6.07, 6.45) is 3.89. The summed E-state index contributed by atoms with van der Waals surface area (Å²) in [5.74, 6) is 5.71. The highest BCUT2D eigenvalue weighted by Crippen LogP contribution is 2.23. The van der Waals surface area contributed by atoms with E-state index in [4.69, 9.17) is 14.7 Å². The van der Waals surface area contributed by atoms with Gasteiger partial charge >= 0.3 is 0 Å². The molecule has 1 rings (SSSR count). The molecule has 3 nitrogen and oxygen atoms in total. The molecule has 15 heavy (non-hydrogen) atoms. The molecular weight excluding hydrogens is 190 g/mol. The maximum absolute atomic E-state index is 8.32. The Balaban J connectivity index is 2.07. The average Bonchev–Trinajstić information content (AvgIpc) is 2.64. The van der Waals surface area contributed by atoms with Crippen LogP contribution in [0.2, 0.25) is 0 Å². The van der Waals surface area contributed by atoms with Crippen LogP contribution in [0.5, 0.6) is 0 Å². The molecule has 1 aliphatic rings. The van der Waals surface area contributed by atoms with Gasteiger partial charge in [0.05, 0.1) is 19.3 Å². The van der Waals surface area contributed by atoms with E-state index >= 15 is 0 Å². The largest absolute Gasteiger partial charge is 0.348 e. The summed E-state index contributed by atoms with van der Waals surface area (Å²) in [6, 6.07) is 2.10. The van der Waals surface area contributed by atoms with E-state index in [0.29, 0.717) is 19.6 Å². The second kappa shape index (κ2) is 6.45. The molecule has 0 radical (unpaired) electrons. The lowest BCUT2D eigenvalue weighted by molar-refractivity contribution is -0.145. The van der Waals surface area contributed by atoms with Crippen molar-refractivity contribution in [3.05, 3.63) is 0 Å². The van der Waals surface area contributed by atoms with E-state index in [0.717, 1.165) is 25.7 Å². The van der Waals surface area contributed by atoms with Crippen molar-refractivity contribution in [2.24, 2.45) is 0 Å². The Morgan fingerprint density at radius 3 is 2.47 bits per heavy atom. The van der Waals surface area contributed by atoms with E-state index in [1.165, 1.54) is 0 Å². The van der Waals surface area contributed by atoms with Gasteiger partial charge in [-0.1, -0.05) is 0 Å². The lowest BCUT2D eigenvalue weighted by atomic mass is 10.1. The van der Waals surface area contributed by atoms with Gasteiger partial charge in [0, 0.05) is 25.7 Å². The molecule has 3 heteroatoms. The van der Waals surface area contributed by atoms with Crippen LogP contribution in [-0.2, 0) is 9.47 Å². The number of rotatable bonds is 4. The smallest absolute Gasteiger partial charge is 0.166 e. The summed E-state index contributed by atoms with van der Waals surface area (Å²) in [4.78, 5) is 0. The molecule has 0 spiro atoms. The van der Waals surface area contributed by atoms with Crippen molar-refractivity contribution in [2.75, 3.05) is 13.2 Å². The van der Waals surface area contributed by atoms with Crippen LogP contribution >= 0.6 is 0 Å². The molecular formula is C12H17NO2. The fraction of sp³-hybridized carbons (Fsp3) is 0.750. The van der Waals surface area contributed by atoms with Crippen molar-refractivity contribution >= 4 is 0 Å². The lowest BCUT2D eigenvalue weighted by Gasteiger charge is -2.20. The van der Waals surface area contributed by atoms with Gasteiger partial charge in [0.15, 0.2) is 5.79 Å². The Morgan fingerprint density at radius 1 is 1.13 bits per heavy atom. The standard InChI is InChI=1S/C12H17NO2/c1-12(14-10-11-15-12)8-6-4-2-3-5-7-9-13/h3,5-8,10-11H2,1H3. The Kier molecular flexibility index (Phi) is 5.18. The first-order valence-electron chi connectivity index (χ1n) is 5.37. The summed E-state index contributed by atoms with van der Waals surface area (Å²) >= 11 is 0. The van der Waals surface area contributed by atoms with Gasteiger partial charge in [-0.05, 0) is 13.3 Å². The molecule has 1 aliphatic heterocycles. The molecule has 0 saturated carbocycles. The van der Waals surface area contributed by atoms with E-state index in [1.807, 2.05) is 6.92 Å². The number of nitriles is 1. The molecule has 0 aromatic rings. The van der Waals surface area contributed by atoms with Crippen LogP contribution in [0.4, 0.5) is 0 Å². The Morgan fingerprint density at radius 2 is 1.80 bits per heavy atom. The van der Waals surface area contributed by atoms with Crippen LogP contribution in [-0.4, -0.2) is 19.0 Å². The zero-order chi connectivity index (χ0) is 11.0. The number of hydrogen-bond acceptors (Lipinski definition) is 3. The predicted octanol–water partition coefficient (Wildman–Crippen LogP) is 2.23. The van der Waals surface area contributed by atoms with Crippen molar-refractivity contribution < 1.29 is 9.47 Å². The van der Waals surface area contributed by atoms with Gasteiger partial charge in [-0.2, -0.15) is 5.26 Å². The fourth-order valence-electron chi connectivity index (χ4n) is 1.42. The first-order chi connectivity index (χ1) is 7.27. The highest BCUT2D eigenvalue weighted by molar-refractivity contribution is 4.99. The van der Waals surface area contributed by atoms with E-state index in [-0.39, 0.29) is 0 Å². The molecule has 0 atom stereocenters. The van der Waals surface area contributed by atoms with Crippen molar-refractivity contribution in [1.82, 2.24) is 0 Å². The van der Waals surface area contributed by atoms with E-state index in [1.54, 1.807) is 0 Å². The maximum Gasteiger partial charge on any atom is 0.166 e. The quantitative estimate of drug-likeness (QED) is 0.524. The van der Waals surface area contributed by atoms with Crippen LogP contribution < -0.4 is 0 Å². The van der Waals surface area contributed by atoms with Crippen LogP contribution in [0.3, 0.4) is 0 Å². The molecule has 1 fully saturated rings. The zero-order valence-corrected chi connectivity index (χ0v) is 9.21. The minimum absolute atomic E-state index is 0.415. The SMILES string of the molecule is CC1(CCC#CCCCC#N)OCCO1. The van der Waals surface area contributed by atoms with Crippen LogP contribution in [0.1, 0.15) is 39.0 Å². The first kappa shape index (κ1) is 12.0. The van der Waals surface area contributed by atoms with Gasteiger partial charge in [-0.25, -0.2) is 0 Å². The van der Waals surface area contributed by atoms with E-state index in [2.05, 4.69) is 17.9 Å². The summed E-state index contributed by atoms with van der Waals surface area (Å²) in [5.41, 5.74) is 0. The highest BCUT2D eigenvalue weighted by Gasteiger charge is 2.29. The molecule has 0 bridgehead atoms. The molecule has 0 aromatic carbocycles. The summed E-state index contributed by atoms with van der Waals surface area (Å²) < 4.78 is 10.9. The monoisotopic (exact) mass is 207 g/mol. The molecule has 0 N–H and O–H groups in total. The Hall–Kier alpha value is -1.03. The van der Waals surface area contributed by atoms with Crippen LogP contribution in [0, 0.1) is 23.2 Å². The molecule has 0 amide bonds. The maximum atomic E-state index is 8.32. The molecule has 82 valence electrons. The number of ether oxygens (including phenoxy) is 2. The average molecular weight is 207 g/mol. The summed E-state index contributed by atoms with van der Waals surface area (Å²) in [6.45, 7) is 3.33. The van der Waals surface area contributed by atoms with Crippen molar-refractivity contribution in [3.8, 4) is 17.9 Å². The number of nitrogens with zero attached hydrogens (tertiary/aromatic N) is 1. The Labute approximate surface area is 91.4 Å². The van der Waals surface area contributed by atoms with Gasteiger partial charge in [-0.3, -0.25) is 0 Å². The van der Waals surface area contributed by atoms with Crippen LogP contribution in [0.15, 0.2) is 0 Å². The number of hydrogen-bond donors (Lipinski definition) is 0. The minimum atomic E-state index is -0.415. The van der Waals surface area contributed by atoms with E-state index < -0.39 is 5.79 Å². The lowest BCUT2D eigenvalue weighted by Crippen LogP contribution is -2.24. The third-order valence-electron chi connectivity index (χ3n) is 2.32. The van der Waals surface area contributed by atoms with Gasteiger partial charge in [0.2, 0.25) is 0 Å². The topological polar surface area (TPSA) is 42.2 Å². The van der Waals surface area contributed by atoms with Gasteiger partial charge in [-0.15, -0.1) is 11.8 Å². The molecule has 0 aliphatic carbocycles. The predicted molar refractivity (Wildman–Crippen MR) is 56.8 cm³/mol. The Bertz CT molecular complexity index is 276. The van der Waals surface area contributed by atoms with Gasteiger partial charge in [0.25, 0.3) is 0 Å². The van der Waals surface area contributed by atoms with Gasteiger partial charge < -0.3 is 9.47 Å². The fourth-order valence-corrected chi connectivity index (χ4v) is 1.42. The van der Waals surface area contributed by atoms with Crippen molar-refractivity contribution in [2.45, 2.75) is 44.8 Å². The van der Waals surface area contributed by atoms with Crippen LogP contribution in [0.25, 0.3) is 0 Å². The highest BCUT2D eigenvalue weighted by atomic mass is 16.7. The third-order valence-corrected chi connectivity index (χ3v) is 2.32. The molecule has 1 heterocycles. The molecule has 0 unspecified atom stereocenters. The second-order valence-electron chi connectivity index (χ2n) is 3.70. The van der Waals surface area contributed by atoms with Crippen molar-refractivity contribution in [1.29, 1.82) is 5.26 Å². The van der Waals surface area contributed by atoms with E-state index in [9.17, 15) is 0 Å². The number of unbranched alkanes of at least 4 members (excludes halogenated alkanes) is 2. The normalized spacial score (nSPS) is 17.9. The molecule has 1 saturated heterocycles. The van der Waals surface area contributed by atoms with Gasteiger partial charge in [0.1, 0.15) is 0 Å². The molecule has 0 aromatic heterocycles. The van der Waals surface area contributed by atoms with Crippen molar-refractivity contribution in [3.63, 3.8) is 0 Å². The zero-order valence-electron chi connectivity index (χ0n) is 9.21.